The number of hydrogen-bond donors (Lipinski definition) is 1. The first-order chi connectivity index (χ1) is 22.3. The van der Waals surface area contributed by atoms with E-state index in [2.05, 4.69) is 15.7 Å². The molecule has 0 unspecified atom stereocenters. The number of rotatable bonds is 3. The maximum atomic E-state index is 13.6. The van der Waals surface area contributed by atoms with Gasteiger partial charge in [0.05, 0.1) is 29.9 Å². The van der Waals surface area contributed by atoms with Crippen LogP contribution in [0.25, 0.3) is 0 Å². The molecule has 47 heavy (non-hydrogen) atoms. The molecule has 0 saturated heterocycles. The molecule has 12 heteroatoms. The number of nitrogens with one attached hydrogen (secondary N) is 1. The summed E-state index contributed by atoms with van der Waals surface area (Å²) in [7, 11) is -0.817. The van der Waals surface area contributed by atoms with Gasteiger partial charge in [-0.15, -0.1) is 0 Å². The van der Waals surface area contributed by atoms with Gasteiger partial charge >= 0.3 is 0 Å². The first-order valence-corrected chi connectivity index (χ1v) is 18.1. The van der Waals surface area contributed by atoms with Crippen molar-refractivity contribution >= 4 is 39.1 Å². The Morgan fingerprint density at radius 2 is 1.98 bits per heavy atom. The highest BCUT2D eigenvalue weighted by atomic mass is 35.5. The van der Waals surface area contributed by atoms with E-state index in [1.165, 1.54) is 35.9 Å². The fourth-order valence-corrected chi connectivity index (χ4v) is 8.55. The lowest BCUT2D eigenvalue weighted by Crippen LogP contribution is -2.50. The van der Waals surface area contributed by atoms with Crippen LogP contribution in [-0.4, -0.2) is 83.8 Å². The average molecular weight is 686 g/mol. The average Bonchev–Trinajstić information content (AvgIpc) is 3.15. The third-order valence-corrected chi connectivity index (χ3v) is 11.8. The minimum Gasteiger partial charge on any atom is -0.490 e. The number of aryl methyl sites for hydroxylation is 1. The summed E-state index contributed by atoms with van der Waals surface area (Å²) in [6, 6.07) is 10.9. The maximum Gasteiger partial charge on any atom is 0.265 e. The molecule has 2 aliphatic carbocycles. The van der Waals surface area contributed by atoms with Crippen molar-refractivity contribution in [1.82, 2.24) is 9.62 Å². The zero-order valence-corrected chi connectivity index (χ0v) is 29.0. The Labute approximate surface area is 282 Å². The van der Waals surface area contributed by atoms with Crippen molar-refractivity contribution in [3.8, 4) is 5.75 Å². The van der Waals surface area contributed by atoms with Crippen molar-refractivity contribution in [3.63, 3.8) is 0 Å². The van der Waals surface area contributed by atoms with Gasteiger partial charge < -0.3 is 24.0 Å². The molecule has 4 aliphatic rings. The molecule has 254 valence electrons. The summed E-state index contributed by atoms with van der Waals surface area (Å²) in [5.41, 5.74) is 1.33. The van der Waals surface area contributed by atoms with E-state index in [1.54, 1.807) is 32.3 Å². The predicted molar refractivity (Wildman–Crippen MR) is 179 cm³/mol. The van der Waals surface area contributed by atoms with Gasteiger partial charge in [-0.2, -0.15) is 0 Å². The van der Waals surface area contributed by atoms with Gasteiger partial charge in [-0.25, -0.2) is 13.1 Å². The number of halogens is 1. The Morgan fingerprint density at radius 3 is 2.72 bits per heavy atom. The van der Waals surface area contributed by atoms with Gasteiger partial charge in [0.1, 0.15) is 18.0 Å². The summed E-state index contributed by atoms with van der Waals surface area (Å²) in [4.78, 5) is 29.4. The molecule has 1 N–H and O–H groups in total. The number of sulfonamides is 1. The number of nitrogens with zero attached hydrogens (tertiary/aromatic N) is 2. The Morgan fingerprint density at radius 1 is 1.17 bits per heavy atom. The van der Waals surface area contributed by atoms with Crippen molar-refractivity contribution in [2.75, 3.05) is 51.9 Å². The molecule has 1 saturated carbocycles. The number of benzene rings is 2. The van der Waals surface area contributed by atoms with E-state index >= 15 is 0 Å². The zero-order chi connectivity index (χ0) is 33.6. The second kappa shape index (κ2) is 13.1. The number of amides is 2. The maximum absolute atomic E-state index is 13.6. The molecule has 2 aromatic carbocycles. The monoisotopic (exact) mass is 685 g/mol. The summed E-state index contributed by atoms with van der Waals surface area (Å²) >= 11 is 6.42. The Bertz CT molecular complexity index is 1680. The van der Waals surface area contributed by atoms with Crippen LogP contribution in [0.4, 0.5) is 5.69 Å². The molecule has 6 rings (SSSR count). The van der Waals surface area contributed by atoms with Gasteiger partial charge in [0.15, 0.2) is 0 Å². The highest BCUT2D eigenvalue weighted by Gasteiger charge is 2.45. The molecule has 10 nitrogen and oxygen atoms in total. The summed E-state index contributed by atoms with van der Waals surface area (Å²) in [6.07, 6.45) is 8.08. The SMILES string of the molecule is CN(C)C(=O)CO[C@H]1C=CCOC(C)(C)C(=O)NS(=O)(=O)c2ccc3c(c2)N(C[C@@H]2CC[C@H]21)C[C@@]1(CCCc2cc(Cl)ccc21)CO3. The fourth-order valence-electron chi connectivity index (χ4n) is 7.23. The van der Waals surface area contributed by atoms with Gasteiger partial charge in [-0.3, -0.25) is 9.59 Å². The van der Waals surface area contributed by atoms with E-state index in [1.807, 2.05) is 18.2 Å². The summed E-state index contributed by atoms with van der Waals surface area (Å²) < 4.78 is 48.0. The minimum atomic E-state index is -4.22. The van der Waals surface area contributed by atoms with Gasteiger partial charge in [0.25, 0.3) is 15.9 Å². The van der Waals surface area contributed by atoms with Gasteiger partial charge in [0, 0.05) is 37.6 Å². The lowest BCUT2D eigenvalue weighted by Gasteiger charge is -2.46. The number of anilines is 1. The van der Waals surface area contributed by atoms with E-state index in [4.69, 9.17) is 25.8 Å². The number of carbonyl (C=O) groups excluding carboxylic acids is 2. The second-order valence-corrected chi connectivity index (χ2v) is 16.1. The Kier molecular flexibility index (Phi) is 9.38. The third kappa shape index (κ3) is 6.90. The minimum absolute atomic E-state index is 0.0265. The largest absolute Gasteiger partial charge is 0.490 e. The highest BCUT2D eigenvalue weighted by molar-refractivity contribution is 7.90. The summed E-state index contributed by atoms with van der Waals surface area (Å²) in [5.74, 6) is 0.0267. The Balaban J connectivity index is 1.42. The van der Waals surface area contributed by atoms with Gasteiger partial charge in [0.2, 0.25) is 5.91 Å². The molecule has 1 fully saturated rings. The highest BCUT2D eigenvalue weighted by Crippen LogP contribution is 2.47. The van der Waals surface area contributed by atoms with Crippen molar-refractivity contribution in [1.29, 1.82) is 0 Å². The van der Waals surface area contributed by atoms with E-state index in [0.717, 1.165) is 32.1 Å². The van der Waals surface area contributed by atoms with Crippen molar-refractivity contribution < 1.29 is 32.2 Å². The smallest absolute Gasteiger partial charge is 0.265 e. The molecule has 2 amide bonds. The number of carbonyl (C=O) groups is 2. The second-order valence-electron chi connectivity index (χ2n) is 14.0. The Hall–Kier alpha value is -3.12. The quantitative estimate of drug-likeness (QED) is 0.471. The first kappa shape index (κ1) is 33.8. The molecule has 2 bridgehead atoms. The van der Waals surface area contributed by atoms with Crippen LogP contribution in [0.2, 0.25) is 5.02 Å². The van der Waals surface area contributed by atoms with Crippen LogP contribution < -0.4 is 14.4 Å². The molecule has 2 heterocycles. The van der Waals surface area contributed by atoms with Crippen molar-refractivity contribution in [3.05, 3.63) is 64.7 Å². The van der Waals surface area contributed by atoms with E-state index in [-0.39, 0.29) is 47.4 Å². The van der Waals surface area contributed by atoms with Gasteiger partial charge in [-0.1, -0.05) is 29.8 Å². The first-order valence-electron chi connectivity index (χ1n) is 16.3. The van der Waals surface area contributed by atoms with E-state index in [9.17, 15) is 18.0 Å². The third-order valence-electron chi connectivity index (χ3n) is 10.2. The van der Waals surface area contributed by atoms with Crippen LogP contribution in [0.3, 0.4) is 0 Å². The number of fused-ring (bicyclic) bond motifs is 4. The molecule has 1 spiro atoms. The van der Waals surface area contributed by atoms with Crippen LogP contribution in [0, 0.1) is 11.8 Å². The molecule has 4 atom stereocenters. The molecule has 2 aromatic rings. The van der Waals surface area contributed by atoms with Crippen LogP contribution in [0.5, 0.6) is 5.75 Å². The van der Waals surface area contributed by atoms with Crippen molar-refractivity contribution in [2.45, 2.75) is 68.0 Å². The lowest BCUT2D eigenvalue weighted by atomic mass is 9.68. The van der Waals surface area contributed by atoms with Gasteiger partial charge in [-0.05, 0) is 99.2 Å². The molecule has 0 radical (unpaired) electrons. The topological polar surface area (TPSA) is 114 Å². The molecular formula is C35H44ClN3O7S. The van der Waals surface area contributed by atoms with Crippen LogP contribution in [-0.2, 0) is 40.9 Å². The number of likely N-dealkylation sites (N-methyl/N-ethyl adjacent to an activating group) is 1. The predicted octanol–water partition coefficient (Wildman–Crippen LogP) is 4.48. The normalized spacial score (nSPS) is 28.1. The molecular weight excluding hydrogens is 642 g/mol. The van der Waals surface area contributed by atoms with Crippen LogP contribution in [0.1, 0.15) is 50.7 Å². The van der Waals surface area contributed by atoms with Crippen LogP contribution >= 0.6 is 11.6 Å². The van der Waals surface area contributed by atoms with Crippen molar-refractivity contribution in [2.24, 2.45) is 11.8 Å². The number of ether oxygens (including phenoxy) is 3. The zero-order valence-electron chi connectivity index (χ0n) is 27.5. The summed E-state index contributed by atoms with van der Waals surface area (Å²) in [5, 5.41) is 0.707. The van der Waals surface area contributed by atoms with E-state index in [0.29, 0.717) is 36.2 Å². The lowest BCUT2D eigenvalue weighted by molar-refractivity contribution is -0.139. The number of hydrogen-bond acceptors (Lipinski definition) is 8. The van der Waals surface area contributed by atoms with E-state index < -0.39 is 21.5 Å². The standard InChI is InChI=1S/C35H44ClN3O7S/c1-34(2)33(41)37-47(42,43)26-11-14-31-29(18-26)39(21-35(22-45-31)15-5-7-23-17-25(36)10-13-28(23)35)19-24-9-12-27(24)30(8-6-16-46-34)44-20-32(40)38(3)4/h6,8,10-11,13-14,17-18,24,27,30H,5,7,9,12,15-16,19-22H2,1-4H3,(H,37,41)/t24-,27+,30-,35-/m0/s1. The fraction of sp³-hybridized carbons (Fsp3) is 0.543. The molecule has 2 aliphatic heterocycles. The van der Waals surface area contributed by atoms with Crippen LogP contribution in [0.15, 0.2) is 53.4 Å². The molecule has 0 aromatic heterocycles. The summed E-state index contributed by atoms with van der Waals surface area (Å²) in [6.45, 7) is 4.77.